The average molecular weight is 251 g/mol. The zero-order chi connectivity index (χ0) is 13.1. The van der Waals surface area contributed by atoms with E-state index >= 15 is 0 Å². The van der Waals surface area contributed by atoms with Gasteiger partial charge in [-0.3, -0.25) is 0 Å². The van der Waals surface area contributed by atoms with E-state index in [1.165, 1.54) is 18.2 Å². The molecule has 96 valence electrons. The van der Waals surface area contributed by atoms with E-state index < -0.39 is 24.7 Å². The molecule has 0 aliphatic heterocycles. The van der Waals surface area contributed by atoms with Gasteiger partial charge >= 0.3 is 6.18 Å². The molecule has 0 aliphatic carbocycles. The summed E-state index contributed by atoms with van der Waals surface area (Å²) in [5.74, 6) is -0.607. The molecule has 0 saturated heterocycles. The third kappa shape index (κ3) is 3.67. The predicted molar refractivity (Wildman–Crippen MR) is 54.6 cm³/mol. The van der Waals surface area contributed by atoms with Crippen LogP contribution >= 0.6 is 0 Å². The maximum Gasteiger partial charge on any atom is 0.414 e. The summed E-state index contributed by atoms with van der Waals surface area (Å²) in [7, 11) is 0. The largest absolute Gasteiger partial charge is 0.414 e. The van der Waals surface area contributed by atoms with Gasteiger partial charge in [-0.2, -0.15) is 13.2 Å². The first-order valence-corrected chi connectivity index (χ1v) is 5.01. The van der Waals surface area contributed by atoms with Crippen molar-refractivity contribution in [2.24, 2.45) is 5.73 Å². The van der Waals surface area contributed by atoms with E-state index in [1.54, 1.807) is 0 Å². The van der Waals surface area contributed by atoms with Gasteiger partial charge in [0.15, 0.2) is 6.10 Å². The van der Waals surface area contributed by atoms with Crippen LogP contribution in [0.5, 0.6) is 0 Å². The zero-order valence-electron chi connectivity index (χ0n) is 9.22. The summed E-state index contributed by atoms with van der Waals surface area (Å²) in [6.07, 6.45) is -6.37. The lowest BCUT2D eigenvalue weighted by atomic mass is 10.1. The van der Waals surface area contributed by atoms with Crippen LogP contribution in [0.25, 0.3) is 0 Å². The predicted octanol–water partition coefficient (Wildman–Crippen LogP) is 2.75. The molecule has 1 unspecified atom stereocenters. The first-order valence-electron chi connectivity index (χ1n) is 5.01. The quantitative estimate of drug-likeness (QED) is 0.835. The lowest BCUT2D eigenvalue weighted by molar-refractivity contribution is -0.217. The van der Waals surface area contributed by atoms with Crippen LogP contribution in [0.1, 0.15) is 18.1 Å². The Balaban J connectivity index is 2.70. The zero-order valence-corrected chi connectivity index (χ0v) is 9.22. The number of nitrogens with two attached hydrogens (primary N) is 1. The van der Waals surface area contributed by atoms with Gasteiger partial charge in [0.25, 0.3) is 0 Å². The van der Waals surface area contributed by atoms with Crippen LogP contribution in [-0.2, 0) is 17.9 Å². The van der Waals surface area contributed by atoms with Crippen molar-refractivity contribution in [2.75, 3.05) is 0 Å². The first kappa shape index (κ1) is 13.9. The fourth-order valence-electron chi connectivity index (χ4n) is 1.21. The lowest BCUT2D eigenvalue weighted by Gasteiger charge is -2.16. The van der Waals surface area contributed by atoms with Crippen LogP contribution in [0.3, 0.4) is 0 Å². The molecule has 1 rings (SSSR count). The second-order valence-electron chi connectivity index (χ2n) is 3.59. The highest BCUT2D eigenvalue weighted by atomic mass is 19.4. The molecule has 0 amide bonds. The number of hydrogen-bond donors (Lipinski definition) is 1. The average Bonchev–Trinajstić information content (AvgIpc) is 2.26. The Bertz CT molecular complexity index is 378. The van der Waals surface area contributed by atoms with Crippen LogP contribution in [0.2, 0.25) is 0 Å². The molecule has 0 bridgehead atoms. The van der Waals surface area contributed by atoms with Gasteiger partial charge in [-0.25, -0.2) is 4.39 Å². The van der Waals surface area contributed by atoms with E-state index in [1.807, 2.05) is 0 Å². The first-order chi connectivity index (χ1) is 7.86. The Hall–Kier alpha value is -1.14. The van der Waals surface area contributed by atoms with Crippen molar-refractivity contribution in [3.63, 3.8) is 0 Å². The van der Waals surface area contributed by atoms with Crippen LogP contribution in [0.15, 0.2) is 18.2 Å². The van der Waals surface area contributed by atoms with Gasteiger partial charge in [0.2, 0.25) is 0 Å². The summed E-state index contributed by atoms with van der Waals surface area (Å²) >= 11 is 0. The summed E-state index contributed by atoms with van der Waals surface area (Å²) < 4.78 is 54.6. The minimum atomic E-state index is -4.44. The highest BCUT2D eigenvalue weighted by Gasteiger charge is 2.36. The molecule has 0 spiro atoms. The van der Waals surface area contributed by atoms with Crippen molar-refractivity contribution in [1.82, 2.24) is 0 Å². The van der Waals surface area contributed by atoms with Crippen LogP contribution in [0.4, 0.5) is 17.6 Å². The fourth-order valence-corrected chi connectivity index (χ4v) is 1.21. The number of benzene rings is 1. The van der Waals surface area contributed by atoms with Crippen LogP contribution in [0, 0.1) is 5.82 Å². The second-order valence-corrected chi connectivity index (χ2v) is 3.59. The molecule has 1 aromatic carbocycles. The van der Waals surface area contributed by atoms with Gasteiger partial charge in [-0.1, -0.05) is 18.2 Å². The monoisotopic (exact) mass is 251 g/mol. The van der Waals surface area contributed by atoms with Gasteiger partial charge in [-0.05, 0) is 6.92 Å². The third-order valence-electron chi connectivity index (χ3n) is 2.33. The Morgan fingerprint density at radius 1 is 1.29 bits per heavy atom. The summed E-state index contributed by atoms with van der Waals surface area (Å²) in [5.41, 5.74) is 5.61. The van der Waals surface area contributed by atoms with Crippen molar-refractivity contribution in [3.8, 4) is 0 Å². The molecule has 0 heterocycles. The van der Waals surface area contributed by atoms with E-state index in [9.17, 15) is 17.6 Å². The molecule has 0 aromatic heterocycles. The Kier molecular flexibility index (Phi) is 4.47. The third-order valence-corrected chi connectivity index (χ3v) is 2.33. The van der Waals surface area contributed by atoms with Gasteiger partial charge in [-0.15, -0.1) is 0 Å². The lowest BCUT2D eigenvalue weighted by Crippen LogP contribution is -2.28. The Morgan fingerprint density at radius 2 is 1.88 bits per heavy atom. The van der Waals surface area contributed by atoms with Crippen molar-refractivity contribution < 1.29 is 22.3 Å². The van der Waals surface area contributed by atoms with E-state index in [2.05, 4.69) is 4.74 Å². The normalized spacial score (nSPS) is 13.8. The summed E-state index contributed by atoms with van der Waals surface area (Å²) in [4.78, 5) is 0. The number of rotatable bonds is 4. The molecule has 2 N–H and O–H groups in total. The molecule has 0 saturated carbocycles. The van der Waals surface area contributed by atoms with E-state index in [-0.39, 0.29) is 17.7 Å². The maximum atomic E-state index is 13.6. The SMILES string of the molecule is CC(OCc1cccc(CN)c1F)C(F)(F)F. The minimum Gasteiger partial charge on any atom is -0.364 e. The molecular formula is C11H13F4NO. The smallest absolute Gasteiger partial charge is 0.364 e. The second kappa shape index (κ2) is 5.46. The number of hydrogen-bond acceptors (Lipinski definition) is 2. The number of ether oxygens (including phenoxy) is 1. The molecule has 0 radical (unpaired) electrons. The van der Waals surface area contributed by atoms with Crippen LogP contribution < -0.4 is 5.73 Å². The molecule has 2 nitrogen and oxygen atoms in total. The molecule has 0 aliphatic rings. The molecule has 1 aromatic rings. The van der Waals surface area contributed by atoms with Gasteiger partial charge in [0, 0.05) is 17.7 Å². The van der Waals surface area contributed by atoms with Crippen molar-refractivity contribution >= 4 is 0 Å². The maximum absolute atomic E-state index is 13.6. The number of halogens is 4. The standard InChI is InChI=1S/C11H13F4NO/c1-7(11(13,14)15)17-6-9-4-2-3-8(5-16)10(9)12/h2-4,7H,5-6,16H2,1H3. The summed E-state index contributed by atoms with van der Waals surface area (Å²) in [5, 5.41) is 0. The topological polar surface area (TPSA) is 35.2 Å². The van der Waals surface area contributed by atoms with Crippen molar-refractivity contribution in [3.05, 3.63) is 35.1 Å². The Morgan fingerprint density at radius 3 is 2.41 bits per heavy atom. The molecule has 1 atom stereocenters. The Labute approximate surface area is 96.4 Å². The minimum absolute atomic E-state index is 0.00546. The molecule has 0 fully saturated rings. The molecular weight excluding hydrogens is 238 g/mol. The van der Waals surface area contributed by atoms with Crippen LogP contribution in [-0.4, -0.2) is 12.3 Å². The summed E-state index contributed by atoms with van der Waals surface area (Å²) in [6, 6.07) is 4.38. The van der Waals surface area contributed by atoms with Gasteiger partial charge in [0.1, 0.15) is 5.82 Å². The van der Waals surface area contributed by atoms with E-state index in [0.717, 1.165) is 6.92 Å². The van der Waals surface area contributed by atoms with Gasteiger partial charge < -0.3 is 10.5 Å². The molecule has 17 heavy (non-hydrogen) atoms. The van der Waals surface area contributed by atoms with Crippen molar-refractivity contribution in [1.29, 1.82) is 0 Å². The fraction of sp³-hybridized carbons (Fsp3) is 0.455. The van der Waals surface area contributed by atoms with E-state index in [0.29, 0.717) is 0 Å². The highest BCUT2D eigenvalue weighted by Crippen LogP contribution is 2.24. The highest BCUT2D eigenvalue weighted by molar-refractivity contribution is 5.25. The summed E-state index contributed by atoms with van der Waals surface area (Å²) in [6.45, 7) is 0.444. The number of alkyl halides is 3. The molecule has 6 heteroatoms. The van der Waals surface area contributed by atoms with E-state index in [4.69, 9.17) is 5.73 Å². The van der Waals surface area contributed by atoms with Crippen molar-refractivity contribution in [2.45, 2.75) is 32.4 Å². The van der Waals surface area contributed by atoms with Gasteiger partial charge in [0.05, 0.1) is 6.61 Å².